The maximum atomic E-state index is 14.0. The van der Waals surface area contributed by atoms with Gasteiger partial charge in [0.2, 0.25) is 15.9 Å². The van der Waals surface area contributed by atoms with Gasteiger partial charge in [0.05, 0.1) is 0 Å². The molecule has 2 aromatic carbocycles. The fourth-order valence-electron chi connectivity index (χ4n) is 4.05. The number of halogens is 2. The number of aromatic nitrogens is 2. The van der Waals surface area contributed by atoms with Crippen molar-refractivity contribution in [1.29, 1.82) is 0 Å². The van der Waals surface area contributed by atoms with Crippen molar-refractivity contribution >= 4 is 15.9 Å². The summed E-state index contributed by atoms with van der Waals surface area (Å²) in [6.45, 7) is 0.198. The Labute approximate surface area is 191 Å². The number of carbonyl (C=O) groups excluding carboxylic acids is 1. The van der Waals surface area contributed by atoms with E-state index in [1.807, 2.05) is 0 Å². The van der Waals surface area contributed by atoms with Gasteiger partial charge in [-0.15, -0.1) is 0 Å². The zero-order chi connectivity index (χ0) is 23.6. The number of piperidine rings is 1. The highest BCUT2D eigenvalue weighted by molar-refractivity contribution is 7.89. The van der Waals surface area contributed by atoms with Gasteiger partial charge in [-0.3, -0.25) is 4.79 Å². The fraction of sp³-hybridized carbons (Fsp3) is 0.304. The molecule has 0 aliphatic carbocycles. The second-order valence-corrected chi connectivity index (χ2v) is 9.91. The molecule has 7 nitrogen and oxygen atoms in total. The van der Waals surface area contributed by atoms with E-state index >= 15 is 0 Å². The first kappa shape index (κ1) is 23.1. The quantitative estimate of drug-likeness (QED) is 0.595. The number of nitrogens with zero attached hydrogens (tertiary/aromatic N) is 3. The summed E-state index contributed by atoms with van der Waals surface area (Å²) in [5.41, 5.74) is 0.553. The summed E-state index contributed by atoms with van der Waals surface area (Å²) in [6.07, 6.45) is 3.91. The maximum Gasteiger partial charge on any atom is 0.245 e. The summed E-state index contributed by atoms with van der Waals surface area (Å²) in [7, 11) is -2.20. The molecule has 2 heterocycles. The number of imidazole rings is 1. The van der Waals surface area contributed by atoms with Crippen molar-refractivity contribution in [1.82, 2.24) is 19.2 Å². The van der Waals surface area contributed by atoms with Crippen molar-refractivity contribution in [3.63, 3.8) is 0 Å². The van der Waals surface area contributed by atoms with Gasteiger partial charge in [-0.1, -0.05) is 24.3 Å². The average molecular weight is 475 g/mol. The highest BCUT2D eigenvalue weighted by Crippen LogP contribution is 2.27. The highest BCUT2D eigenvalue weighted by Gasteiger charge is 2.34. The van der Waals surface area contributed by atoms with E-state index in [9.17, 15) is 22.0 Å². The minimum absolute atomic E-state index is 0.0990. The molecule has 10 heteroatoms. The number of nitrogens with one attached hydrogen (secondary N) is 1. The SMILES string of the molecule is Cn1ccnc1[C@H](NC(=O)C1CCN(S(=O)(=O)c2ccccc2F)CC1)c1cccc(F)c1. The van der Waals surface area contributed by atoms with Crippen molar-refractivity contribution in [3.05, 3.63) is 83.9 Å². The minimum atomic E-state index is -3.98. The number of aryl methyl sites for hydroxylation is 1. The summed E-state index contributed by atoms with van der Waals surface area (Å²) in [4.78, 5) is 17.0. The van der Waals surface area contributed by atoms with E-state index in [0.717, 1.165) is 6.07 Å². The van der Waals surface area contributed by atoms with Crippen LogP contribution in [0.15, 0.2) is 65.8 Å². The molecular weight excluding hydrogens is 450 g/mol. The van der Waals surface area contributed by atoms with Crippen molar-refractivity contribution < 1.29 is 22.0 Å². The van der Waals surface area contributed by atoms with E-state index in [1.54, 1.807) is 36.1 Å². The standard InChI is InChI=1S/C23H24F2N4O3S/c1-28-14-11-26-22(28)21(17-5-4-6-18(24)15-17)27-23(30)16-9-12-29(13-10-16)33(31,32)20-8-3-2-7-19(20)25/h2-8,11,14-16,21H,9-10,12-13H2,1H3,(H,27,30)/t21-/m1/s1. The molecule has 0 spiro atoms. The van der Waals surface area contributed by atoms with E-state index in [-0.39, 0.29) is 36.7 Å². The number of sulfonamides is 1. The first-order chi connectivity index (χ1) is 15.8. The van der Waals surface area contributed by atoms with Crippen LogP contribution in [-0.4, -0.2) is 41.3 Å². The van der Waals surface area contributed by atoms with E-state index in [4.69, 9.17) is 0 Å². The lowest BCUT2D eigenvalue weighted by molar-refractivity contribution is -0.126. The molecule has 0 unspecified atom stereocenters. The Hall–Kier alpha value is -3.11. The highest BCUT2D eigenvalue weighted by atomic mass is 32.2. The van der Waals surface area contributed by atoms with Crippen LogP contribution in [0.4, 0.5) is 8.78 Å². The van der Waals surface area contributed by atoms with Gasteiger partial charge in [0.1, 0.15) is 28.4 Å². The number of benzene rings is 2. The molecule has 1 N–H and O–H groups in total. The van der Waals surface area contributed by atoms with Crippen LogP contribution in [0.5, 0.6) is 0 Å². The largest absolute Gasteiger partial charge is 0.342 e. The summed E-state index contributed by atoms with van der Waals surface area (Å²) < 4.78 is 56.5. The Morgan fingerprint density at radius 3 is 2.48 bits per heavy atom. The normalized spacial score (nSPS) is 16.5. The number of hydrogen-bond acceptors (Lipinski definition) is 4. The molecule has 1 fully saturated rings. The van der Waals surface area contributed by atoms with Crippen LogP contribution in [-0.2, 0) is 21.9 Å². The molecule has 1 aliphatic heterocycles. The van der Waals surface area contributed by atoms with Crippen molar-refractivity contribution in [2.75, 3.05) is 13.1 Å². The first-order valence-electron chi connectivity index (χ1n) is 10.5. The Kier molecular flexibility index (Phi) is 6.57. The van der Waals surface area contributed by atoms with Crippen LogP contribution >= 0.6 is 0 Å². The monoisotopic (exact) mass is 474 g/mol. The molecule has 174 valence electrons. The number of amides is 1. The third-order valence-electron chi connectivity index (χ3n) is 5.86. The zero-order valence-electron chi connectivity index (χ0n) is 18.0. The molecule has 0 saturated carbocycles. The maximum absolute atomic E-state index is 14.0. The predicted molar refractivity (Wildman–Crippen MR) is 117 cm³/mol. The second-order valence-electron chi connectivity index (χ2n) is 8.00. The molecule has 4 rings (SSSR count). The molecule has 0 radical (unpaired) electrons. The smallest absolute Gasteiger partial charge is 0.245 e. The van der Waals surface area contributed by atoms with Crippen LogP contribution in [0.3, 0.4) is 0 Å². The van der Waals surface area contributed by atoms with E-state index < -0.39 is 33.6 Å². The van der Waals surface area contributed by atoms with Gasteiger partial charge in [0, 0.05) is 38.4 Å². The Balaban J connectivity index is 1.48. The molecule has 1 atom stereocenters. The minimum Gasteiger partial charge on any atom is -0.342 e. The first-order valence-corrected chi connectivity index (χ1v) is 12.0. The molecule has 1 amide bonds. The lowest BCUT2D eigenvalue weighted by Gasteiger charge is -2.31. The van der Waals surface area contributed by atoms with E-state index in [1.165, 1.54) is 34.6 Å². The van der Waals surface area contributed by atoms with Crippen LogP contribution < -0.4 is 5.32 Å². The van der Waals surface area contributed by atoms with Gasteiger partial charge in [-0.05, 0) is 42.7 Å². The molecule has 3 aromatic rings. The van der Waals surface area contributed by atoms with Gasteiger partial charge < -0.3 is 9.88 Å². The average Bonchev–Trinajstić information content (AvgIpc) is 3.23. The summed E-state index contributed by atoms with van der Waals surface area (Å²) in [5, 5.41) is 2.95. The zero-order valence-corrected chi connectivity index (χ0v) is 18.8. The van der Waals surface area contributed by atoms with Crippen LogP contribution in [0.1, 0.15) is 30.3 Å². The van der Waals surface area contributed by atoms with E-state index in [2.05, 4.69) is 10.3 Å². The topological polar surface area (TPSA) is 84.3 Å². The Morgan fingerprint density at radius 2 is 1.85 bits per heavy atom. The molecule has 0 bridgehead atoms. The van der Waals surface area contributed by atoms with E-state index in [0.29, 0.717) is 11.4 Å². The molecule has 1 aromatic heterocycles. The molecule has 1 aliphatic rings. The van der Waals surface area contributed by atoms with Crippen LogP contribution in [0.2, 0.25) is 0 Å². The van der Waals surface area contributed by atoms with Gasteiger partial charge >= 0.3 is 0 Å². The lowest BCUT2D eigenvalue weighted by atomic mass is 9.96. The number of rotatable bonds is 6. The molecule has 33 heavy (non-hydrogen) atoms. The molecule has 1 saturated heterocycles. The molecular formula is C23H24F2N4O3S. The Morgan fingerprint density at radius 1 is 1.12 bits per heavy atom. The summed E-state index contributed by atoms with van der Waals surface area (Å²) >= 11 is 0. The third kappa shape index (κ3) is 4.81. The predicted octanol–water partition coefficient (Wildman–Crippen LogP) is 3.00. The summed E-state index contributed by atoms with van der Waals surface area (Å²) in [6, 6.07) is 10.5. The second kappa shape index (κ2) is 9.40. The van der Waals surface area contributed by atoms with Gasteiger partial charge in [-0.2, -0.15) is 4.31 Å². The fourth-order valence-corrected chi connectivity index (χ4v) is 5.58. The van der Waals surface area contributed by atoms with Crippen molar-refractivity contribution in [2.45, 2.75) is 23.8 Å². The van der Waals surface area contributed by atoms with Crippen LogP contribution in [0.25, 0.3) is 0 Å². The summed E-state index contributed by atoms with van der Waals surface area (Å²) in [5.74, 6) is -1.38. The van der Waals surface area contributed by atoms with Gasteiger partial charge in [0.25, 0.3) is 0 Å². The Bertz CT molecular complexity index is 1250. The van der Waals surface area contributed by atoms with Gasteiger partial charge in [-0.25, -0.2) is 22.2 Å². The third-order valence-corrected chi connectivity index (χ3v) is 7.80. The van der Waals surface area contributed by atoms with Crippen molar-refractivity contribution in [3.8, 4) is 0 Å². The van der Waals surface area contributed by atoms with Crippen molar-refractivity contribution in [2.24, 2.45) is 13.0 Å². The number of hydrogen-bond donors (Lipinski definition) is 1. The number of carbonyl (C=O) groups is 1. The van der Waals surface area contributed by atoms with Crippen LogP contribution in [0, 0.1) is 17.6 Å². The lowest BCUT2D eigenvalue weighted by Crippen LogP contribution is -2.44. The van der Waals surface area contributed by atoms with Gasteiger partial charge in [0.15, 0.2) is 0 Å².